The average molecular weight is 577 g/mol. The fourth-order valence-electron chi connectivity index (χ4n) is 3.75. The molecule has 7 nitrogen and oxygen atoms in total. The number of para-hydroxylation sites is 1. The van der Waals surface area contributed by atoms with E-state index in [0.717, 1.165) is 4.31 Å². The van der Waals surface area contributed by atoms with Crippen molar-refractivity contribution in [3.63, 3.8) is 0 Å². The SMILES string of the molecule is C[C@@H](C(=O)NC(C)(C)C)N(Cc1c(Cl)cccc1Cl)C(=O)CN(c1ccccc1)S(=O)(=O)c1ccccc1. The Kier molecular flexibility index (Phi) is 9.46. The molecule has 0 aliphatic carbocycles. The molecule has 0 aliphatic heterocycles. The number of hydrogen-bond acceptors (Lipinski definition) is 4. The average Bonchev–Trinajstić information content (AvgIpc) is 2.86. The Balaban J connectivity index is 2.04. The van der Waals surface area contributed by atoms with Gasteiger partial charge in [-0.2, -0.15) is 0 Å². The number of rotatable bonds is 9. The van der Waals surface area contributed by atoms with Gasteiger partial charge >= 0.3 is 0 Å². The Morgan fingerprint density at radius 2 is 1.39 bits per heavy atom. The first kappa shape index (κ1) is 29.5. The summed E-state index contributed by atoms with van der Waals surface area (Å²) in [5.41, 5.74) is 0.221. The highest BCUT2D eigenvalue weighted by Crippen LogP contribution is 2.28. The summed E-state index contributed by atoms with van der Waals surface area (Å²) in [5.74, 6) is -0.993. The van der Waals surface area contributed by atoms with E-state index in [1.165, 1.54) is 17.0 Å². The molecule has 0 spiro atoms. The lowest BCUT2D eigenvalue weighted by Crippen LogP contribution is -2.54. The Morgan fingerprint density at radius 3 is 1.92 bits per heavy atom. The molecule has 3 aromatic carbocycles. The maximum atomic E-state index is 13.9. The maximum absolute atomic E-state index is 13.9. The molecule has 3 rings (SSSR count). The highest BCUT2D eigenvalue weighted by molar-refractivity contribution is 7.92. The smallest absolute Gasteiger partial charge is 0.264 e. The fourth-order valence-corrected chi connectivity index (χ4v) is 5.71. The van der Waals surface area contributed by atoms with Crippen LogP contribution >= 0.6 is 23.2 Å². The summed E-state index contributed by atoms with van der Waals surface area (Å²) in [7, 11) is -4.11. The number of carbonyl (C=O) groups is 2. The standard InChI is InChI=1S/C28H31Cl2N3O4S/c1-20(27(35)31-28(2,3)4)32(18-23-24(29)16-11-17-25(23)30)26(34)19-33(21-12-7-5-8-13-21)38(36,37)22-14-9-6-10-15-22/h5-17,20H,18-19H2,1-4H3,(H,31,35)/t20-/m0/s1. The zero-order valence-corrected chi connectivity index (χ0v) is 24.0. The minimum atomic E-state index is -4.11. The Morgan fingerprint density at radius 1 is 0.868 bits per heavy atom. The van der Waals surface area contributed by atoms with Crippen molar-refractivity contribution in [1.82, 2.24) is 10.2 Å². The number of amides is 2. The zero-order chi connectivity index (χ0) is 28.1. The van der Waals surface area contributed by atoms with Crippen LogP contribution in [0.1, 0.15) is 33.3 Å². The van der Waals surface area contributed by atoms with E-state index in [1.54, 1.807) is 73.7 Å². The third-order valence-corrected chi connectivity index (χ3v) is 8.21. The molecule has 0 saturated carbocycles. The number of benzene rings is 3. The summed E-state index contributed by atoms with van der Waals surface area (Å²) >= 11 is 12.8. The van der Waals surface area contributed by atoms with Gasteiger partial charge in [0.1, 0.15) is 12.6 Å². The molecule has 0 unspecified atom stereocenters. The molecule has 3 aromatic rings. The van der Waals surface area contributed by atoms with E-state index in [1.807, 2.05) is 20.8 Å². The number of carbonyl (C=O) groups excluding carboxylic acids is 2. The molecule has 38 heavy (non-hydrogen) atoms. The van der Waals surface area contributed by atoms with Crippen molar-refractivity contribution < 1.29 is 18.0 Å². The van der Waals surface area contributed by atoms with Gasteiger partial charge in [0.25, 0.3) is 10.0 Å². The van der Waals surface area contributed by atoms with E-state index in [-0.39, 0.29) is 11.4 Å². The van der Waals surface area contributed by atoms with Crippen molar-refractivity contribution in [2.24, 2.45) is 0 Å². The van der Waals surface area contributed by atoms with Crippen LogP contribution in [0.2, 0.25) is 10.0 Å². The summed E-state index contributed by atoms with van der Waals surface area (Å²) in [4.78, 5) is 28.4. The predicted octanol–water partition coefficient (Wildman–Crippen LogP) is 5.52. The molecule has 0 bridgehead atoms. The first-order chi connectivity index (χ1) is 17.8. The molecule has 10 heteroatoms. The second-order valence-corrected chi connectivity index (χ2v) is 12.5. The Hall–Kier alpha value is -3.07. The van der Waals surface area contributed by atoms with Gasteiger partial charge in [-0.25, -0.2) is 8.42 Å². The quantitative estimate of drug-likeness (QED) is 0.364. The Bertz CT molecular complexity index is 1360. The maximum Gasteiger partial charge on any atom is 0.264 e. The number of anilines is 1. The van der Waals surface area contributed by atoms with Gasteiger partial charge in [-0.05, 0) is 64.1 Å². The topological polar surface area (TPSA) is 86.8 Å². The van der Waals surface area contributed by atoms with Gasteiger partial charge in [-0.1, -0.05) is 65.7 Å². The van der Waals surface area contributed by atoms with Gasteiger partial charge < -0.3 is 10.2 Å². The Labute approximate surface area is 234 Å². The highest BCUT2D eigenvalue weighted by Gasteiger charge is 2.33. The molecule has 0 aromatic heterocycles. The predicted molar refractivity (Wildman–Crippen MR) is 152 cm³/mol. The van der Waals surface area contributed by atoms with Crippen LogP contribution in [0.5, 0.6) is 0 Å². The lowest BCUT2D eigenvalue weighted by Gasteiger charge is -2.33. The monoisotopic (exact) mass is 575 g/mol. The molecule has 0 aliphatic rings. The van der Waals surface area contributed by atoms with E-state index in [0.29, 0.717) is 21.3 Å². The first-order valence-electron chi connectivity index (χ1n) is 12.0. The van der Waals surface area contributed by atoms with Crippen molar-refractivity contribution in [3.05, 3.63) is 94.5 Å². The van der Waals surface area contributed by atoms with Crippen LogP contribution in [0.25, 0.3) is 0 Å². The summed E-state index contributed by atoms with van der Waals surface area (Å²) in [6, 6.07) is 20.2. The largest absolute Gasteiger partial charge is 0.350 e. The molecule has 202 valence electrons. The molecule has 1 atom stereocenters. The molecule has 2 amide bonds. The van der Waals surface area contributed by atoms with Crippen LogP contribution in [0.4, 0.5) is 5.69 Å². The minimum Gasteiger partial charge on any atom is -0.350 e. The molecule has 0 radical (unpaired) electrons. The molecular formula is C28H31Cl2N3O4S. The summed E-state index contributed by atoms with van der Waals surface area (Å²) < 4.78 is 28.4. The van der Waals surface area contributed by atoms with E-state index in [9.17, 15) is 18.0 Å². The number of halogens is 2. The van der Waals surface area contributed by atoms with Gasteiger partial charge in [-0.15, -0.1) is 0 Å². The van der Waals surface area contributed by atoms with Gasteiger partial charge in [-0.3, -0.25) is 13.9 Å². The van der Waals surface area contributed by atoms with Crippen LogP contribution < -0.4 is 9.62 Å². The van der Waals surface area contributed by atoms with Gasteiger partial charge in [0, 0.05) is 27.7 Å². The lowest BCUT2D eigenvalue weighted by atomic mass is 10.1. The van der Waals surface area contributed by atoms with E-state index in [2.05, 4.69) is 5.32 Å². The third kappa shape index (κ3) is 7.28. The molecular weight excluding hydrogens is 545 g/mol. The molecule has 0 fully saturated rings. The van der Waals surface area contributed by atoms with E-state index < -0.39 is 40.0 Å². The zero-order valence-electron chi connectivity index (χ0n) is 21.7. The molecule has 1 N–H and O–H groups in total. The van der Waals surface area contributed by atoms with Crippen LogP contribution in [0.3, 0.4) is 0 Å². The minimum absolute atomic E-state index is 0.0378. The normalized spacial score (nSPS) is 12.5. The summed E-state index contributed by atoms with van der Waals surface area (Å²) in [6.07, 6.45) is 0. The number of nitrogens with zero attached hydrogens (tertiary/aromatic N) is 2. The van der Waals surface area contributed by atoms with Crippen LogP contribution in [-0.4, -0.2) is 43.3 Å². The summed E-state index contributed by atoms with van der Waals surface area (Å²) in [6.45, 7) is 6.44. The first-order valence-corrected chi connectivity index (χ1v) is 14.2. The fraction of sp³-hybridized carbons (Fsp3) is 0.286. The van der Waals surface area contributed by atoms with E-state index in [4.69, 9.17) is 23.2 Å². The lowest BCUT2D eigenvalue weighted by molar-refractivity contribution is -0.140. The van der Waals surface area contributed by atoms with Gasteiger partial charge in [0.2, 0.25) is 11.8 Å². The van der Waals surface area contributed by atoms with Crippen molar-refractivity contribution in [1.29, 1.82) is 0 Å². The van der Waals surface area contributed by atoms with E-state index >= 15 is 0 Å². The number of nitrogens with one attached hydrogen (secondary N) is 1. The van der Waals surface area contributed by atoms with Crippen LogP contribution in [0.15, 0.2) is 83.8 Å². The second-order valence-electron chi connectivity index (χ2n) is 9.80. The van der Waals surface area contributed by atoms with Crippen molar-refractivity contribution in [2.45, 2.75) is 50.7 Å². The van der Waals surface area contributed by atoms with Crippen molar-refractivity contribution in [2.75, 3.05) is 10.8 Å². The van der Waals surface area contributed by atoms with Gasteiger partial charge in [0.05, 0.1) is 10.6 Å². The number of sulfonamides is 1. The third-order valence-electron chi connectivity index (χ3n) is 5.71. The van der Waals surface area contributed by atoms with Crippen molar-refractivity contribution in [3.8, 4) is 0 Å². The second kappa shape index (κ2) is 12.2. The van der Waals surface area contributed by atoms with Crippen LogP contribution in [-0.2, 0) is 26.2 Å². The van der Waals surface area contributed by atoms with Crippen molar-refractivity contribution >= 4 is 50.7 Å². The highest BCUT2D eigenvalue weighted by atomic mass is 35.5. The van der Waals surface area contributed by atoms with Crippen LogP contribution in [0, 0.1) is 0 Å². The molecule has 0 saturated heterocycles. The number of hydrogen-bond donors (Lipinski definition) is 1. The molecule has 0 heterocycles. The summed E-state index contributed by atoms with van der Waals surface area (Å²) in [5, 5.41) is 3.54. The van der Waals surface area contributed by atoms with Gasteiger partial charge in [0.15, 0.2) is 0 Å².